The van der Waals surface area contributed by atoms with Crippen LogP contribution in [0.3, 0.4) is 0 Å². The molecule has 6 heteroatoms. The van der Waals surface area contributed by atoms with Gasteiger partial charge in [0, 0.05) is 37.3 Å². The second kappa shape index (κ2) is 9.86. The number of ether oxygens (including phenoxy) is 1. The molecule has 1 aromatic rings. The third kappa shape index (κ3) is 6.46. The smallest absolute Gasteiger partial charge is 0.191 e. The van der Waals surface area contributed by atoms with Gasteiger partial charge in [0.05, 0.1) is 6.61 Å². The van der Waals surface area contributed by atoms with Crippen molar-refractivity contribution in [2.24, 2.45) is 4.99 Å². The van der Waals surface area contributed by atoms with Crippen molar-refractivity contribution in [1.82, 2.24) is 10.6 Å². The molecule has 0 unspecified atom stereocenters. The molecule has 0 bridgehead atoms. The molecule has 0 aliphatic rings. The molecule has 0 saturated heterocycles. The molecule has 0 aromatic heterocycles. The van der Waals surface area contributed by atoms with Crippen LogP contribution in [0.2, 0.25) is 10.0 Å². The first kappa shape index (κ1) is 17.1. The van der Waals surface area contributed by atoms with Crippen LogP contribution in [0.4, 0.5) is 0 Å². The third-order valence-electron chi connectivity index (χ3n) is 2.75. The van der Waals surface area contributed by atoms with E-state index in [4.69, 9.17) is 27.9 Å². The van der Waals surface area contributed by atoms with Crippen molar-refractivity contribution in [1.29, 1.82) is 0 Å². The minimum Gasteiger partial charge on any atom is -0.383 e. The largest absolute Gasteiger partial charge is 0.383 e. The fourth-order valence-electron chi connectivity index (χ4n) is 1.70. The Morgan fingerprint density at radius 2 is 2.00 bits per heavy atom. The van der Waals surface area contributed by atoms with Gasteiger partial charge in [-0.1, -0.05) is 29.3 Å². The third-order valence-corrected chi connectivity index (χ3v) is 3.34. The van der Waals surface area contributed by atoms with E-state index >= 15 is 0 Å². The number of aryl methyl sites for hydroxylation is 1. The highest BCUT2D eigenvalue weighted by molar-refractivity contribution is 6.35. The fourth-order valence-corrected chi connectivity index (χ4v) is 2.21. The van der Waals surface area contributed by atoms with Crippen LogP contribution in [-0.4, -0.2) is 39.8 Å². The van der Waals surface area contributed by atoms with E-state index in [9.17, 15) is 0 Å². The van der Waals surface area contributed by atoms with Crippen molar-refractivity contribution < 1.29 is 4.74 Å². The Labute approximate surface area is 130 Å². The highest BCUT2D eigenvalue weighted by atomic mass is 35.5. The monoisotopic (exact) mass is 317 g/mol. The highest BCUT2D eigenvalue weighted by Crippen LogP contribution is 2.21. The molecule has 112 valence electrons. The Hall–Kier alpha value is -0.970. The molecule has 0 spiro atoms. The lowest BCUT2D eigenvalue weighted by Crippen LogP contribution is -2.39. The predicted molar refractivity (Wildman–Crippen MR) is 86.0 cm³/mol. The Morgan fingerprint density at radius 1 is 1.25 bits per heavy atom. The zero-order valence-corrected chi connectivity index (χ0v) is 13.4. The van der Waals surface area contributed by atoms with Gasteiger partial charge >= 0.3 is 0 Å². The van der Waals surface area contributed by atoms with Gasteiger partial charge in [-0.3, -0.25) is 4.99 Å². The average Bonchev–Trinajstić information content (AvgIpc) is 2.43. The summed E-state index contributed by atoms with van der Waals surface area (Å²) in [5.41, 5.74) is 1.11. The summed E-state index contributed by atoms with van der Waals surface area (Å²) in [5, 5.41) is 7.79. The molecule has 0 radical (unpaired) electrons. The maximum atomic E-state index is 6.13. The first-order chi connectivity index (χ1) is 9.67. The van der Waals surface area contributed by atoms with Crippen LogP contribution in [0.25, 0.3) is 0 Å². The van der Waals surface area contributed by atoms with Crippen molar-refractivity contribution in [3.05, 3.63) is 33.8 Å². The summed E-state index contributed by atoms with van der Waals surface area (Å²) in [7, 11) is 3.42. The van der Waals surface area contributed by atoms with Crippen LogP contribution in [0, 0.1) is 0 Å². The van der Waals surface area contributed by atoms with Crippen molar-refractivity contribution in [3.8, 4) is 0 Å². The van der Waals surface area contributed by atoms with E-state index in [1.54, 1.807) is 20.2 Å². The van der Waals surface area contributed by atoms with Crippen molar-refractivity contribution >= 4 is 29.2 Å². The summed E-state index contributed by atoms with van der Waals surface area (Å²) in [6.07, 6.45) is 1.87. The minimum atomic E-state index is 0.654. The van der Waals surface area contributed by atoms with Crippen LogP contribution in [0.15, 0.2) is 23.2 Å². The van der Waals surface area contributed by atoms with E-state index in [1.165, 1.54) is 0 Å². The molecule has 0 amide bonds. The molecule has 20 heavy (non-hydrogen) atoms. The number of methoxy groups -OCH3 is 1. The number of guanidine groups is 1. The van der Waals surface area contributed by atoms with E-state index in [2.05, 4.69) is 15.6 Å². The second-order valence-electron chi connectivity index (χ2n) is 4.26. The topological polar surface area (TPSA) is 45.7 Å². The molecule has 4 nitrogen and oxygen atoms in total. The predicted octanol–water partition coefficient (Wildman–Crippen LogP) is 2.74. The number of hydrogen-bond acceptors (Lipinski definition) is 2. The lowest BCUT2D eigenvalue weighted by atomic mass is 10.1. The van der Waals surface area contributed by atoms with Crippen LogP contribution in [0.5, 0.6) is 0 Å². The lowest BCUT2D eigenvalue weighted by Gasteiger charge is -2.11. The SMILES string of the molecule is CN=C(NCCCc1ccc(Cl)cc1Cl)NCCOC. The number of rotatable bonds is 7. The van der Waals surface area contributed by atoms with Gasteiger partial charge < -0.3 is 15.4 Å². The van der Waals surface area contributed by atoms with E-state index in [-0.39, 0.29) is 0 Å². The van der Waals surface area contributed by atoms with Gasteiger partial charge in [-0.15, -0.1) is 0 Å². The summed E-state index contributed by atoms with van der Waals surface area (Å²) in [5.74, 6) is 0.782. The van der Waals surface area contributed by atoms with Crippen LogP contribution in [-0.2, 0) is 11.2 Å². The van der Waals surface area contributed by atoms with Gasteiger partial charge in [-0.2, -0.15) is 0 Å². The highest BCUT2D eigenvalue weighted by Gasteiger charge is 2.02. The summed E-state index contributed by atoms with van der Waals surface area (Å²) < 4.78 is 4.97. The van der Waals surface area contributed by atoms with Crippen LogP contribution >= 0.6 is 23.2 Å². The molecule has 0 saturated carbocycles. The number of halogens is 2. The van der Waals surface area contributed by atoms with Gasteiger partial charge in [0.15, 0.2) is 5.96 Å². The van der Waals surface area contributed by atoms with Gasteiger partial charge in [0.25, 0.3) is 0 Å². The Bertz CT molecular complexity index is 438. The standard InChI is InChI=1S/C14H21Cl2N3O/c1-17-14(19-8-9-20-2)18-7-3-4-11-5-6-12(15)10-13(11)16/h5-6,10H,3-4,7-9H2,1-2H3,(H2,17,18,19). The number of nitrogens with one attached hydrogen (secondary N) is 2. The number of nitrogens with zero attached hydrogens (tertiary/aromatic N) is 1. The number of aliphatic imine (C=N–C) groups is 1. The average molecular weight is 318 g/mol. The second-order valence-corrected chi connectivity index (χ2v) is 5.10. The summed E-state index contributed by atoms with van der Waals surface area (Å²) in [4.78, 5) is 4.13. The zero-order chi connectivity index (χ0) is 14.8. The molecule has 0 heterocycles. The van der Waals surface area contributed by atoms with Gasteiger partial charge in [-0.25, -0.2) is 0 Å². The molecule has 2 N–H and O–H groups in total. The van der Waals surface area contributed by atoms with Gasteiger partial charge in [0.2, 0.25) is 0 Å². The Balaban J connectivity index is 2.26. The first-order valence-corrected chi connectivity index (χ1v) is 7.30. The molecule has 0 aliphatic carbocycles. The zero-order valence-electron chi connectivity index (χ0n) is 11.9. The summed E-state index contributed by atoms with van der Waals surface area (Å²) >= 11 is 12.0. The molecule has 1 rings (SSSR count). The van der Waals surface area contributed by atoms with Crippen molar-refractivity contribution in [3.63, 3.8) is 0 Å². The van der Waals surface area contributed by atoms with Crippen molar-refractivity contribution in [2.45, 2.75) is 12.8 Å². The summed E-state index contributed by atoms with van der Waals surface area (Å²) in [6.45, 7) is 2.21. The minimum absolute atomic E-state index is 0.654. The first-order valence-electron chi connectivity index (χ1n) is 6.54. The fraction of sp³-hybridized carbons (Fsp3) is 0.500. The summed E-state index contributed by atoms with van der Waals surface area (Å²) in [6, 6.07) is 5.61. The van der Waals surface area contributed by atoms with Crippen LogP contribution in [0.1, 0.15) is 12.0 Å². The molecule has 0 aliphatic heterocycles. The molecule has 1 aromatic carbocycles. The maximum absolute atomic E-state index is 6.13. The normalized spacial score (nSPS) is 11.5. The van der Waals surface area contributed by atoms with Crippen LogP contribution < -0.4 is 10.6 Å². The molecular formula is C14H21Cl2N3O. The Morgan fingerprint density at radius 3 is 2.65 bits per heavy atom. The van der Waals surface area contributed by atoms with E-state index in [0.717, 1.165) is 42.5 Å². The van der Waals surface area contributed by atoms with Gasteiger partial charge in [-0.05, 0) is 30.5 Å². The quantitative estimate of drug-likeness (QED) is 0.462. The van der Waals surface area contributed by atoms with E-state index < -0.39 is 0 Å². The maximum Gasteiger partial charge on any atom is 0.191 e. The number of benzene rings is 1. The molecule has 0 atom stereocenters. The molecule has 0 fully saturated rings. The lowest BCUT2D eigenvalue weighted by molar-refractivity contribution is 0.203. The number of hydrogen-bond donors (Lipinski definition) is 2. The Kier molecular flexibility index (Phi) is 8.42. The van der Waals surface area contributed by atoms with E-state index in [0.29, 0.717) is 11.6 Å². The van der Waals surface area contributed by atoms with E-state index in [1.807, 2.05) is 12.1 Å². The van der Waals surface area contributed by atoms with Crippen molar-refractivity contribution in [2.75, 3.05) is 33.9 Å². The van der Waals surface area contributed by atoms with Gasteiger partial charge in [0.1, 0.15) is 0 Å². The molecular weight excluding hydrogens is 297 g/mol.